The maximum absolute atomic E-state index is 11.8. The van der Waals surface area contributed by atoms with Crippen LogP contribution in [0.4, 0.5) is 0 Å². The quantitative estimate of drug-likeness (QED) is 0.797. The van der Waals surface area contributed by atoms with Gasteiger partial charge in [0.05, 0.1) is 7.11 Å². The number of nitrogens with zero attached hydrogens (tertiary/aromatic N) is 1. The Morgan fingerprint density at radius 1 is 1.47 bits per heavy atom. The van der Waals surface area contributed by atoms with Crippen molar-refractivity contribution in [3.8, 4) is 0 Å². The smallest absolute Gasteiger partial charge is 0.323 e. The van der Waals surface area contributed by atoms with Crippen LogP contribution in [0.5, 0.6) is 0 Å². The standard InChI is InChI=1S/C15H20ClNO2/c1-11-6-7-12(13(16)9-11)10-17-8-4-3-5-14(17)15(18)19-2/h6-7,9,14H,3-5,8,10H2,1-2H3. The van der Waals surface area contributed by atoms with E-state index in [1.165, 1.54) is 7.11 Å². The average Bonchev–Trinajstić information content (AvgIpc) is 2.41. The van der Waals surface area contributed by atoms with Crippen molar-refractivity contribution < 1.29 is 9.53 Å². The van der Waals surface area contributed by atoms with Crippen LogP contribution in [0.2, 0.25) is 5.02 Å². The van der Waals surface area contributed by atoms with Crippen LogP contribution >= 0.6 is 11.6 Å². The van der Waals surface area contributed by atoms with E-state index in [9.17, 15) is 4.79 Å². The summed E-state index contributed by atoms with van der Waals surface area (Å²) in [5.41, 5.74) is 2.22. The molecule has 1 fully saturated rings. The van der Waals surface area contributed by atoms with Crippen molar-refractivity contribution in [2.45, 2.75) is 38.8 Å². The van der Waals surface area contributed by atoms with Crippen LogP contribution in [0.1, 0.15) is 30.4 Å². The highest BCUT2D eigenvalue weighted by atomic mass is 35.5. The normalized spacial score (nSPS) is 20.3. The van der Waals surface area contributed by atoms with Gasteiger partial charge in [0.15, 0.2) is 0 Å². The van der Waals surface area contributed by atoms with E-state index < -0.39 is 0 Å². The van der Waals surface area contributed by atoms with Gasteiger partial charge in [-0.3, -0.25) is 9.69 Å². The molecule has 0 N–H and O–H groups in total. The van der Waals surface area contributed by atoms with E-state index in [-0.39, 0.29) is 12.0 Å². The van der Waals surface area contributed by atoms with Gasteiger partial charge >= 0.3 is 5.97 Å². The number of aryl methyl sites for hydroxylation is 1. The van der Waals surface area contributed by atoms with Crippen LogP contribution in [0.15, 0.2) is 18.2 Å². The monoisotopic (exact) mass is 281 g/mol. The zero-order chi connectivity index (χ0) is 13.8. The van der Waals surface area contributed by atoms with Gasteiger partial charge in [-0.2, -0.15) is 0 Å². The Kier molecular flexibility index (Phi) is 4.83. The summed E-state index contributed by atoms with van der Waals surface area (Å²) in [6.07, 6.45) is 3.07. The predicted molar refractivity (Wildman–Crippen MR) is 76.3 cm³/mol. The Morgan fingerprint density at radius 3 is 2.95 bits per heavy atom. The Hall–Kier alpha value is -1.06. The maximum atomic E-state index is 11.8. The number of ether oxygens (including phenoxy) is 1. The number of carbonyl (C=O) groups excluding carboxylic acids is 1. The zero-order valence-corrected chi connectivity index (χ0v) is 12.2. The van der Waals surface area contributed by atoms with Gasteiger partial charge in [-0.1, -0.05) is 30.2 Å². The fraction of sp³-hybridized carbons (Fsp3) is 0.533. The number of methoxy groups -OCH3 is 1. The van der Waals surface area contributed by atoms with Crippen LogP contribution in [-0.2, 0) is 16.1 Å². The molecule has 0 amide bonds. The molecule has 1 atom stereocenters. The first-order valence-electron chi connectivity index (χ1n) is 6.68. The molecule has 1 aromatic rings. The minimum atomic E-state index is -0.136. The first-order valence-corrected chi connectivity index (χ1v) is 7.06. The Labute approximate surface area is 119 Å². The third-order valence-electron chi connectivity index (χ3n) is 3.67. The van der Waals surface area contributed by atoms with Crippen molar-refractivity contribution in [3.05, 3.63) is 34.3 Å². The highest BCUT2D eigenvalue weighted by molar-refractivity contribution is 6.31. The lowest BCUT2D eigenvalue weighted by Gasteiger charge is -2.33. The summed E-state index contributed by atoms with van der Waals surface area (Å²) in [7, 11) is 1.45. The van der Waals surface area contributed by atoms with Crippen molar-refractivity contribution in [3.63, 3.8) is 0 Å². The van der Waals surface area contributed by atoms with Gasteiger partial charge in [-0.15, -0.1) is 0 Å². The topological polar surface area (TPSA) is 29.5 Å². The van der Waals surface area contributed by atoms with E-state index in [1.807, 2.05) is 19.1 Å². The summed E-state index contributed by atoms with van der Waals surface area (Å²) in [4.78, 5) is 14.0. The summed E-state index contributed by atoms with van der Waals surface area (Å²) in [5.74, 6) is -0.136. The molecule has 1 aliphatic heterocycles. The third-order valence-corrected chi connectivity index (χ3v) is 4.02. The fourth-order valence-electron chi connectivity index (χ4n) is 2.58. The number of esters is 1. The summed E-state index contributed by atoms with van der Waals surface area (Å²) < 4.78 is 4.89. The van der Waals surface area contributed by atoms with Gasteiger partial charge in [-0.25, -0.2) is 0 Å². The van der Waals surface area contributed by atoms with Crippen molar-refractivity contribution in [2.24, 2.45) is 0 Å². The van der Waals surface area contributed by atoms with E-state index in [4.69, 9.17) is 16.3 Å². The van der Waals surface area contributed by atoms with Gasteiger partial charge in [0, 0.05) is 11.6 Å². The second kappa shape index (κ2) is 6.40. The molecule has 0 spiro atoms. The highest BCUT2D eigenvalue weighted by Crippen LogP contribution is 2.24. The van der Waals surface area contributed by atoms with Gasteiger partial charge < -0.3 is 4.74 Å². The summed E-state index contributed by atoms with van der Waals surface area (Å²) in [6, 6.07) is 5.93. The number of halogens is 1. The minimum Gasteiger partial charge on any atom is -0.468 e. The molecule has 1 unspecified atom stereocenters. The van der Waals surface area contributed by atoms with Crippen molar-refractivity contribution in [1.82, 2.24) is 4.90 Å². The van der Waals surface area contributed by atoms with Gasteiger partial charge in [0.2, 0.25) is 0 Å². The molecule has 0 radical (unpaired) electrons. The van der Waals surface area contributed by atoms with Crippen molar-refractivity contribution in [2.75, 3.05) is 13.7 Å². The molecule has 0 saturated carbocycles. The van der Waals surface area contributed by atoms with Gasteiger partial charge in [-0.05, 0) is 43.5 Å². The molecule has 1 aliphatic rings. The van der Waals surface area contributed by atoms with Gasteiger partial charge in [0.25, 0.3) is 0 Å². The lowest BCUT2D eigenvalue weighted by molar-refractivity contribution is -0.148. The van der Waals surface area contributed by atoms with Crippen molar-refractivity contribution >= 4 is 17.6 Å². The molecule has 0 bridgehead atoms. The second-order valence-electron chi connectivity index (χ2n) is 5.10. The number of carbonyl (C=O) groups is 1. The molecule has 104 valence electrons. The number of piperidine rings is 1. The maximum Gasteiger partial charge on any atom is 0.323 e. The zero-order valence-electron chi connectivity index (χ0n) is 11.5. The van der Waals surface area contributed by atoms with Crippen LogP contribution in [0, 0.1) is 6.92 Å². The molecule has 19 heavy (non-hydrogen) atoms. The lowest BCUT2D eigenvalue weighted by Crippen LogP contribution is -2.44. The number of hydrogen-bond donors (Lipinski definition) is 0. The Bertz CT molecular complexity index is 461. The average molecular weight is 282 g/mol. The molecule has 2 rings (SSSR count). The highest BCUT2D eigenvalue weighted by Gasteiger charge is 2.29. The number of benzene rings is 1. The Morgan fingerprint density at radius 2 is 2.26 bits per heavy atom. The van der Waals surface area contributed by atoms with E-state index in [0.717, 1.165) is 42.0 Å². The summed E-state index contributed by atoms with van der Waals surface area (Å²) in [5, 5.41) is 0.772. The van der Waals surface area contributed by atoms with E-state index >= 15 is 0 Å². The predicted octanol–water partition coefficient (Wildman–Crippen LogP) is 3.18. The summed E-state index contributed by atoms with van der Waals surface area (Å²) in [6.45, 7) is 3.65. The molecule has 4 heteroatoms. The summed E-state index contributed by atoms with van der Waals surface area (Å²) >= 11 is 6.27. The SMILES string of the molecule is COC(=O)C1CCCCN1Cc1ccc(C)cc1Cl. The van der Waals surface area contributed by atoms with Crippen molar-refractivity contribution in [1.29, 1.82) is 0 Å². The fourth-order valence-corrected chi connectivity index (χ4v) is 2.88. The molecular weight excluding hydrogens is 262 g/mol. The molecule has 3 nitrogen and oxygen atoms in total. The van der Waals surface area contributed by atoms with Crippen LogP contribution in [0.3, 0.4) is 0 Å². The Balaban J connectivity index is 2.13. The number of rotatable bonds is 3. The molecule has 1 saturated heterocycles. The van der Waals surface area contributed by atoms with Crippen LogP contribution in [-0.4, -0.2) is 30.6 Å². The largest absolute Gasteiger partial charge is 0.468 e. The number of hydrogen-bond acceptors (Lipinski definition) is 3. The van der Waals surface area contributed by atoms with Crippen LogP contribution in [0.25, 0.3) is 0 Å². The third kappa shape index (κ3) is 3.48. The lowest BCUT2D eigenvalue weighted by atomic mass is 10.0. The van der Waals surface area contributed by atoms with E-state index in [2.05, 4.69) is 11.0 Å². The van der Waals surface area contributed by atoms with E-state index in [1.54, 1.807) is 0 Å². The second-order valence-corrected chi connectivity index (χ2v) is 5.51. The molecule has 1 heterocycles. The molecule has 0 aliphatic carbocycles. The molecule has 1 aromatic carbocycles. The van der Waals surface area contributed by atoms with E-state index in [0.29, 0.717) is 6.54 Å². The number of likely N-dealkylation sites (tertiary alicyclic amines) is 1. The first kappa shape index (κ1) is 14.4. The molecular formula is C15H20ClNO2. The van der Waals surface area contributed by atoms with Crippen LogP contribution < -0.4 is 0 Å². The minimum absolute atomic E-state index is 0.129. The first-order chi connectivity index (χ1) is 9.11. The molecule has 0 aromatic heterocycles. The van der Waals surface area contributed by atoms with Gasteiger partial charge in [0.1, 0.15) is 6.04 Å².